The van der Waals surface area contributed by atoms with Crippen LogP contribution in [0.4, 0.5) is 0 Å². The van der Waals surface area contributed by atoms with Crippen LogP contribution in [-0.4, -0.2) is 36.2 Å². The van der Waals surface area contributed by atoms with Gasteiger partial charge in [-0.2, -0.15) is 0 Å². The minimum atomic E-state index is -0.926. The van der Waals surface area contributed by atoms with E-state index in [1.807, 2.05) is 30.3 Å². The molecule has 120 valence electrons. The lowest BCUT2D eigenvalue weighted by molar-refractivity contribution is -0.142. The Kier molecular flexibility index (Phi) is 7.92. The predicted molar refractivity (Wildman–Crippen MR) is 84.5 cm³/mol. The molecule has 1 aromatic rings. The first-order valence-electron chi connectivity index (χ1n) is 7.31. The molecular weight excluding hydrogens is 282 g/mol. The molecule has 1 aromatic carbocycles. The number of amides is 1. The van der Waals surface area contributed by atoms with Crippen molar-refractivity contribution in [1.82, 2.24) is 5.32 Å². The molecule has 0 heterocycles. The molecule has 2 unspecified atom stereocenters. The largest absolute Gasteiger partial charge is 0.481 e. The number of hydrogen-bond donors (Lipinski definition) is 2. The van der Waals surface area contributed by atoms with Crippen LogP contribution >= 0.6 is 0 Å². The molecule has 0 aromatic heterocycles. The quantitative estimate of drug-likeness (QED) is 0.512. The van der Waals surface area contributed by atoms with E-state index in [4.69, 9.17) is 4.74 Å². The highest BCUT2D eigenvalue weighted by molar-refractivity contribution is 5.81. The summed E-state index contributed by atoms with van der Waals surface area (Å²) in [5.41, 5.74) is 0.930. The maximum atomic E-state index is 11.9. The summed E-state index contributed by atoms with van der Waals surface area (Å²) in [5.74, 6) is -1.89. The third-order valence-electron chi connectivity index (χ3n) is 3.26. The first-order valence-corrected chi connectivity index (χ1v) is 7.31. The number of carboxylic acids is 1. The molecule has 0 bridgehead atoms. The number of ether oxygens (including phenoxy) is 1. The molecule has 0 spiro atoms. The summed E-state index contributed by atoms with van der Waals surface area (Å²) >= 11 is 0. The molecule has 0 aliphatic rings. The second-order valence-electron chi connectivity index (χ2n) is 5.06. The van der Waals surface area contributed by atoms with Crippen molar-refractivity contribution in [1.29, 1.82) is 0 Å². The van der Waals surface area contributed by atoms with Crippen molar-refractivity contribution in [3.8, 4) is 0 Å². The average Bonchev–Trinajstić information content (AvgIpc) is 2.51. The maximum absolute atomic E-state index is 11.9. The number of carboxylic acid groups (broad SMARTS) is 1. The topological polar surface area (TPSA) is 75.6 Å². The van der Waals surface area contributed by atoms with E-state index in [2.05, 4.69) is 11.9 Å². The standard InChI is InChI=1S/C17H23NO4/c1-3-4-10-22-13(2)16(19)18-12-15(17(20)21)11-14-8-6-5-7-9-14/h3,5-9,13,15H,1,4,10-12H2,2H3,(H,18,19)(H,20,21). The van der Waals surface area contributed by atoms with Crippen LogP contribution in [0.15, 0.2) is 43.0 Å². The van der Waals surface area contributed by atoms with Gasteiger partial charge in [-0.1, -0.05) is 36.4 Å². The van der Waals surface area contributed by atoms with Crippen molar-refractivity contribution < 1.29 is 19.4 Å². The minimum absolute atomic E-state index is 0.0816. The third kappa shape index (κ3) is 6.54. The molecule has 2 atom stereocenters. The number of carbonyl (C=O) groups excluding carboxylic acids is 1. The molecule has 5 nitrogen and oxygen atoms in total. The molecule has 1 amide bonds. The lowest BCUT2D eigenvalue weighted by Gasteiger charge is -2.16. The molecule has 1 rings (SSSR count). The Morgan fingerprint density at radius 3 is 2.64 bits per heavy atom. The predicted octanol–water partition coefficient (Wildman–Crippen LogP) is 2.03. The Morgan fingerprint density at radius 1 is 1.36 bits per heavy atom. The molecule has 22 heavy (non-hydrogen) atoms. The number of rotatable bonds is 10. The maximum Gasteiger partial charge on any atom is 0.308 e. The van der Waals surface area contributed by atoms with Crippen molar-refractivity contribution in [2.45, 2.75) is 25.9 Å². The number of aliphatic carboxylic acids is 1. The van der Waals surface area contributed by atoms with Crippen LogP contribution in [0.5, 0.6) is 0 Å². The van der Waals surface area contributed by atoms with E-state index >= 15 is 0 Å². The SMILES string of the molecule is C=CCCOC(C)C(=O)NCC(Cc1ccccc1)C(=O)O. The second kappa shape index (κ2) is 9.73. The van der Waals surface area contributed by atoms with Gasteiger partial charge in [0.2, 0.25) is 5.91 Å². The zero-order valence-corrected chi connectivity index (χ0v) is 12.8. The van der Waals surface area contributed by atoms with Crippen molar-refractivity contribution in [2.75, 3.05) is 13.2 Å². The average molecular weight is 305 g/mol. The highest BCUT2D eigenvalue weighted by atomic mass is 16.5. The van der Waals surface area contributed by atoms with Gasteiger partial charge >= 0.3 is 5.97 Å². The molecule has 0 fully saturated rings. The van der Waals surface area contributed by atoms with Crippen LogP contribution in [0.3, 0.4) is 0 Å². The number of carbonyl (C=O) groups is 2. The molecular formula is C17H23NO4. The summed E-state index contributed by atoms with van der Waals surface area (Å²) in [7, 11) is 0. The molecule has 0 aliphatic carbocycles. The van der Waals surface area contributed by atoms with Crippen LogP contribution in [0.2, 0.25) is 0 Å². The molecule has 5 heteroatoms. The molecule has 0 aliphatic heterocycles. The third-order valence-corrected chi connectivity index (χ3v) is 3.26. The van der Waals surface area contributed by atoms with Crippen molar-refractivity contribution in [2.24, 2.45) is 5.92 Å². The fourth-order valence-electron chi connectivity index (χ4n) is 1.92. The molecule has 0 saturated heterocycles. The van der Waals surface area contributed by atoms with Gasteiger partial charge in [0.1, 0.15) is 6.10 Å². The van der Waals surface area contributed by atoms with Gasteiger partial charge in [-0.15, -0.1) is 6.58 Å². The lowest BCUT2D eigenvalue weighted by Crippen LogP contribution is -2.39. The summed E-state index contributed by atoms with van der Waals surface area (Å²) in [6.45, 7) is 5.72. The van der Waals surface area contributed by atoms with Gasteiger partial charge < -0.3 is 15.2 Å². The minimum Gasteiger partial charge on any atom is -0.481 e. The summed E-state index contributed by atoms with van der Waals surface area (Å²) in [6.07, 6.45) is 2.15. The highest BCUT2D eigenvalue weighted by Gasteiger charge is 2.20. The van der Waals surface area contributed by atoms with Gasteiger partial charge in [-0.3, -0.25) is 9.59 Å². The summed E-state index contributed by atoms with van der Waals surface area (Å²) in [5, 5.41) is 11.9. The van der Waals surface area contributed by atoms with E-state index in [9.17, 15) is 14.7 Å². The van der Waals surface area contributed by atoms with Crippen molar-refractivity contribution >= 4 is 11.9 Å². The molecule has 0 saturated carbocycles. The van der Waals surface area contributed by atoms with E-state index in [0.29, 0.717) is 19.4 Å². The van der Waals surface area contributed by atoms with Crippen LogP contribution in [0.1, 0.15) is 18.9 Å². The molecule has 2 N–H and O–H groups in total. The lowest BCUT2D eigenvalue weighted by atomic mass is 9.99. The van der Waals surface area contributed by atoms with Gasteiger partial charge in [0.25, 0.3) is 0 Å². The first-order chi connectivity index (χ1) is 10.5. The van der Waals surface area contributed by atoms with E-state index in [-0.39, 0.29) is 12.5 Å². The Balaban J connectivity index is 2.45. The molecule has 0 radical (unpaired) electrons. The Labute approximate surface area is 131 Å². The monoisotopic (exact) mass is 305 g/mol. The summed E-state index contributed by atoms with van der Waals surface area (Å²) in [6, 6.07) is 9.35. The summed E-state index contributed by atoms with van der Waals surface area (Å²) in [4.78, 5) is 23.2. The number of nitrogens with one attached hydrogen (secondary N) is 1. The van der Waals surface area contributed by atoms with Gasteiger partial charge in [-0.25, -0.2) is 0 Å². The fourth-order valence-corrected chi connectivity index (χ4v) is 1.92. The van der Waals surface area contributed by atoms with Crippen LogP contribution in [0, 0.1) is 5.92 Å². The zero-order chi connectivity index (χ0) is 16.4. The van der Waals surface area contributed by atoms with Crippen LogP contribution in [-0.2, 0) is 20.7 Å². The second-order valence-corrected chi connectivity index (χ2v) is 5.06. The Hall–Kier alpha value is -2.14. The van der Waals surface area contributed by atoms with E-state index in [1.165, 1.54) is 0 Å². The van der Waals surface area contributed by atoms with E-state index in [0.717, 1.165) is 5.56 Å². The fraction of sp³-hybridized carbons (Fsp3) is 0.412. The van der Waals surface area contributed by atoms with Crippen LogP contribution < -0.4 is 5.32 Å². The van der Waals surface area contributed by atoms with Gasteiger partial charge in [0.15, 0.2) is 0 Å². The van der Waals surface area contributed by atoms with Crippen molar-refractivity contribution in [3.63, 3.8) is 0 Å². The summed E-state index contributed by atoms with van der Waals surface area (Å²) < 4.78 is 5.32. The number of hydrogen-bond acceptors (Lipinski definition) is 3. The highest BCUT2D eigenvalue weighted by Crippen LogP contribution is 2.08. The Bertz CT molecular complexity index is 487. The zero-order valence-electron chi connectivity index (χ0n) is 12.8. The van der Waals surface area contributed by atoms with Gasteiger partial charge in [0.05, 0.1) is 12.5 Å². The number of benzene rings is 1. The first kappa shape index (κ1) is 17.9. The van der Waals surface area contributed by atoms with E-state index < -0.39 is 18.0 Å². The van der Waals surface area contributed by atoms with Crippen molar-refractivity contribution in [3.05, 3.63) is 48.6 Å². The van der Waals surface area contributed by atoms with Gasteiger partial charge in [-0.05, 0) is 25.3 Å². The van der Waals surface area contributed by atoms with Crippen LogP contribution in [0.25, 0.3) is 0 Å². The Morgan fingerprint density at radius 2 is 2.05 bits per heavy atom. The normalized spacial score (nSPS) is 13.1. The smallest absolute Gasteiger partial charge is 0.308 e. The van der Waals surface area contributed by atoms with E-state index in [1.54, 1.807) is 13.0 Å². The van der Waals surface area contributed by atoms with Gasteiger partial charge in [0, 0.05) is 6.54 Å².